The summed E-state index contributed by atoms with van der Waals surface area (Å²) in [5.74, 6) is 0. The highest BCUT2D eigenvalue weighted by atomic mass is 35.5. The maximum atomic E-state index is 6.83. The molecule has 0 atom stereocenters. The molecule has 24 heavy (non-hydrogen) atoms. The van der Waals surface area contributed by atoms with Gasteiger partial charge in [-0.1, -0.05) is 23.7 Å². The summed E-state index contributed by atoms with van der Waals surface area (Å²) in [5, 5.41) is 4.45. The standard InChI is InChI=1S/C19H28ClN3O/c20-18-16(3-1-4-17(18)22-11-13-24-14-12-22)15-23-10-2-5-19(23)6-8-21-9-7-19/h1,3-4,21H,2,5-15H2. The van der Waals surface area contributed by atoms with Crippen molar-refractivity contribution >= 4 is 17.3 Å². The maximum Gasteiger partial charge on any atom is 0.0684 e. The number of rotatable bonds is 3. The van der Waals surface area contributed by atoms with E-state index in [1.807, 2.05) is 0 Å². The van der Waals surface area contributed by atoms with Crippen LogP contribution in [0.4, 0.5) is 5.69 Å². The van der Waals surface area contributed by atoms with Crippen LogP contribution in [0.25, 0.3) is 0 Å². The number of hydrogen-bond acceptors (Lipinski definition) is 4. The predicted octanol–water partition coefficient (Wildman–Crippen LogP) is 2.89. The Labute approximate surface area is 150 Å². The Morgan fingerprint density at radius 3 is 2.67 bits per heavy atom. The number of morpholine rings is 1. The molecule has 0 saturated carbocycles. The van der Waals surface area contributed by atoms with Crippen LogP contribution >= 0.6 is 11.6 Å². The third-order valence-corrected chi connectivity index (χ3v) is 6.48. The molecule has 3 saturated heterocycles. The Morgan fingerprint density at radius 2 is 1.88 bits per heavy atom. The summed E-state index contributed by atoms with van der Waals surface area (Å²) in [5.41, 5.74) is 2.86. The molecule has 0 amide bonds. The summed E-state index contributed by atoms with van der Waals surface area (Å²) >= 11 is 6.83. The number of nitrogens with one attached hydrogen (secondary N) is 1. The monoisotopic (exact) mass is 349 g/mol. The molecule has 3 aliphatic rings. The lowest BCUT2D eigenvalue weighted by molar-refractivity contribution is 0.0928. The molecule has 1 N–H and O–H groups in total. The first-order valence-corrected chi connectivity index (χ1v) is 9.72. The first-order chi connectivity index (χ1) is 11.8. The average Bonchev–Trinajstić information content (AvgIpc) is 3.00. The van der Waals surface area contributed by atoms with Crippen LogP contribution in [0.5, 0.6) is 0 Å². The predicted molar refractivity (Wildman–Crippen MR) is 99.0 cm³/mol. The van der Waals surface area contributed by atoms with Crippen molar-refractivity contribution in [3.8, 4) is 0 Å². The molecule has 132 valence electrons. The third-order valence-electron chi connectivity index (χ3n) is 6.05. The molecule has 3 fully saturated rings. The van der Waals surface area contributed by atoms with Gasteiger partial charge in [-0.25, -0.2) is 0 Å². The highest BCUT2D eigenvalue weighted by Crippen LogP contribution is 2.39. The van der Waals surface area contributed by atoms with Gasteiger partial charge in [0.05, 0.1) is 23.9 Å². The summed E-state index contributed by atoms with van der Waals surface area (Å²) in [6.07, 6.45) is 5.21. The molecule has 1 aromatic carbocycles. The first-order valence-electron chi connectivity index (χ1n) is 9.34. The van der Waals surface area contributed by atoms with E-state index < -0.39 is 0 Å². The molecule has 0 radical (unpaired) electrons. The van der Waals surface area contributed by atoms with Crippen molar-refractivity contribution in [2.24, 2.45) is 0 Å². The van der Waals surface area contributed by atoms with Crippen LogP contribution in [-0.2, 0) is 11.3 Å². The van der Waals surface area contributed by atoms with Crippen LogP contribution in [0.3, 0.4) is 0 Å². The normalized spacial score (nSPS) is 24.6. The lowest BCUT2D eigenvalue weighted by atomic mass is 9.85. The van der Waals surface area contributed by atoms with E-state index in [2.05, 4.69) is 33.3 Å². The van der Waals surface area contributed by atoms with Gasteiger partial charge in [0.15, 0.2) is 0 Å². The molecule has 0 bridgehead atoms. The Bertz CT molecular complexity index is 568. The highest BCUT2D eigenvalue weighted by Gasteiger charge is 2.41. The van der Waals surface area contributed by atoms with Crippen molar-refractivity contribution in [2.75, 3.05) is 50.8 Å². The van der Waals surface area contributed by atoms with Gasteiger partial charge in [-0.15, -0.1) is 0 Å². The summed E-state index contributed by atoms with van der Waals surface area (Å²) in [4.78, 5) is 5.07. The number of likely N-dealkylation sites (tertiary alicyclic amines) is 1. The van der Waals surface area contributed by atoms with E-state index in [1.54, 1.807) is 0 Å². The van der Waals surface area contributed by atoms with Gasteiger partial charge in [-0.3, -0.25) is 4.90 Å². The van der Waals surface area contributed by atoms with Crippen LogP contribution in [-0.4, -0.2) is 56.4 Å². The number of anilines is 1. The van der Waals surface area contributed by atoms with Crippen LogP contribution in [0.1, 0.15) is 31.2 Å². The molecule has 0 aromatic heterocycles. The fourth-order valence-electron chi connectivity index (χ4n) is 4.64. The van der Waals surface area contributed by atoms with E-state index in [-0.39, 0.29) is 0 Å². The molecule has 0 unspecified atom stereocenters. The second kappa shape index (κ2) is 7.20. The highest BCUT2D eigenvalue weighted by molar-refractivity contribution is 6.34. The molecule has 1 aromatic rings. The third kappa shape index (κ3) is 3.17. The topological polar surface area (TPSA) is 27.7 Å². The zero-order chi connectivity index (χ0) is 16.4. The van der Waals surface area contributed by atoms with Gasteiger partial charge in [0.1, 0.15) is 0 Å². The number of benzene rings is 1. The summed E-state index contributed by atoms with van der Waals surface area (Å²) in [7, 11) is 0. The van der Waals surface area contributed by atoms with Gasteiger partial charge in [0, 0.05) is 25.2 Å². The SMILES string of the molecule is Clc1c(CN2CCCC23CCNCC3)cccc1N1CCOCC1. The van der Waals surface area contributed by atoms with E-state index in [4.69, 9.17) is 16.3 Å². The molecule has 3 heterocycles. The Kier molecular flexibility index (Phi) is 5.00. The average molecular weight is 350 g/mol. The fraction of sp³-hybridized carbons (Fsp3) is 0.684. The van der Waals surface area contributed by atoms with Crippen LogP contribution in [0, 0.1) is 0 Å². The number of piperidine rings is 1. The lowest BCUT2D eigenvalue weighted by Crippen LogP contribution is -2.50. The molecular weight excluding hydrogens is 322 g/mol. The minimum absolute atomic E-state index is 0.406. The van der Waals surface area contributed by atoms with Crippen LogP contribution < -0.4 is 10.2 Å². The Hall–Kier alpha value is -0.810. The van der Waals surface area contributed by atoms with Gasteiger partial charge in [-0.05, 0) is 56.9 Å². The van der Waals surface area contributed by atoms with E-state index in [1.165, 1.54) is 43.5 Å². The largest absolute Gasteiger partial charge is 0.378 e. The van der Waals surface area contributed by atoms with E-state index in [9.17, 15) is 0 Å². The lowest BCUT2D eigenvalue weighted by Gasteiger charge is -2.42. The van der Waals surface area contributed by atoms with Gasteiger partial charge in [0.2, 0.25) is 0 Å². The minimum Gasteiger partial charge on any atom is -0.378 e. The summed E-state index contributed by atoms with van der Waals surface area (Å²) in [6.45, 7) is 7.95. The van der Waals surface area contributed by atoms with Gasteiger partial charge in [0.25, 0.3) is 0 Å². The first kappa shape index (κ1) is 16.6. The van der Waals surface area contributed by atoms with Crippen molar-refractivity contribution < 1.29 is 4.74 Å². The second-order valence-corrected chi connectivity index (χ2v) is 7.73. The molecule has 0 aliphatic carbocycles. The minimum atomic E-state index is 0.406. The Balaban J connectivity index is 1.54. The van der Waals surface area contributed by atoms with Crippen LogP contribution in [0.15, 0.2) is 18.2 Å². The van der Waals surface area contributed by atoms with Crippen LogP contribution in [0.2, 0.25) is 5.02 Å². The van der Waals surface area contributed by atoms with Crippen molar-refractivity contribution in [3.05, 3.63) is 28.8 Å². The van der Waals surface area contributed by atoms with Crippen molar-refractivity contribution in [1.29, 1.82) is 0 Å². The fourth-order valence-corrected chi connectivity index (χ4v) is 4.95. The number of ether oxygens (including phenoxy) is 1. The van der Waals surface area contributed by atoms with Crippen molar-refractivity contribution in [1.82, 2.24) is 10.2 Å². The zero-order valence-electron chi connectivity index (χ0n) is 14.4. The van der Waals surface area contributed by atoms with E-state index >= 15 is 0 Å². The van der Waals surface area contributed by atoms with E-state index in [0.717, 1.165) is 51.0 Å². The molecular formula is C19H28ClN3O. The quantitative estimate of drug-likeness (QED) is 0.908. The molecule has 3 aliphatic heterocycles. The molecule has 4 nitrogen and oxygen atoms in total. The van der Waals surface area contributed by atoms with E-state index in [0.29, 0.717) is 5.54 Å². The molecule has 5 heteroatoms. The second-order valence-electron chi connectivity index (χ2n) is 7.35. The number of nitrogens with zero attached hydrogens (tertiary/aromatic N) is 2. The smallest absolute Gasteiger partial charge is 0.0684 e. The zero-order valence-corrected chi connectivity index (χ0v) is 15.2. The molecule has 1 spiro atoms. The van der Waals surface area contributed by atoms with Crippen molar-refractivity contribution in [2.45, 2.75) is 37.8 Å². The number of hydrogen-bond donors (Lipinski definition) is 1. The summed E-state index contributed by atoms with van der Waals surface area (Å²) < 4.78 is 5.48. The number of halogens is 1. The van der Waals surface area contributed by atoms with Crippen molar-refractivity contribution in [3.63, 3.8) is 0 Å². The maximum absolute atomic E-state index is 6.83. The summed E-state index contributed by atoms with van der Waals surface area (Å²) in [6, 6.07) is 6.53. The van der Waals surface area contributed by atoms with Gasteiger partial charge < -0.3 is 15.0 Å². The molecule has 4 rings (SSSR count). The van der Waals surface area contributed by atoms with Gasteiger partial charge >= 0.3 is 0 Å². The Morgan fingerprint density at radius 1 is 1.08 bits per heavy atom. The van der Waals surface area contributed by atoms with Gasteiger partial charge in [-0.2, -0.15) is 0 Å².